The summed E-state index contributed by atoms with van der Waals surface area (Å²) in [4.78, 5) is 16.4. The summed E-state index contributed by atoms with van der Waals surface area (Å²) in [6.45, 7) is 2.89. The molecular weight excluding hydrogens is 352 g/mol. The largest absolute Gasteiger partial charge is 0.465 e. The molecule has 3 saturated heterocycles. The van der Waals surface area contributed by atoms with Gasteiger partial charge in [0, 0.05) is 12.1 Å². The lowest BCUT2D eigenvalue weighted by Crippen LogP contribution is -2.59. The molecule has 5 heteroatoms. The molecule has 1 atom stereocenters. The molecule has 0 unspecified atom stereocenters. The zero-order chi connectivity index (χ0) is 19.5. The molecule has 2 aromatic rings. The fourth-order valence-electron chi connectivity index (χ4n) is 4.55. The van der Waals surface area contributed by atoms with E-state index in [1.54, 1.807) is 11.0 Å². The van der Waals surface area contributed by atoms with Gasteiger partial charge in [0.25, 0.3) is 0 Å². The van der Waals surface area contributed by atoms with Crippen molar-refractivity contribution in [3.8, 4) is 11.1 Å². The maximum Gasteiger partial charge on any atom is 0.412 e. The SMILES string of the molecule is O=C(O)N(c1cc(C=CCO)ccc1-c1ccccc1)[C@H]1CN2CCC1CC2. The van der Waals surface area contributed by atoms with Crippen molar-refractivity contribution in [3.63, 3.8) is 0 Å². The Hall–Kier alpha value is -2.63. The van der Waals surface area contributed by atoms with E-state index in [0.29, 0.717) is 5.92 Å². The van der Waals surface area contributed by atoms with E-state index in [-0.39, 0.29) is 12.6 Å². The molecule has 2 N–H and O–H groups in total. The van der Waals surface area contributed by atoms with Crippen LogP contribution in [0.3, 0.4) is 0 Å². The standard InChI is InChI=1S/C23H26N2O3/c26-14-4-5-17-8-9-20(18-6-2-1-3-7-18)21(15-17)25(23(27)28)22-16-24-12-10-19(22)11-13-24/h1-9,15,19,22,26H,10-14,16H2,(H,27,28)/t22-/m0/s1. The van der Waals surface area contributed by atoms with Crippen molar-refractivity contribution < 1.29 is 15.0 Å². The minimum Gasteiger partial charge on any atom is -0.465 e. The minimum atomic E-state index is -0.904. The third-order valence-corrected chi connectivity index (χ3v) is 5.94. The Morgan fingerprint density at radius 3 is 2.50 bits per heavy atom. The fourth-order valence-corrected chi connectivity index (χ4v) is 4.55. The van der Waals surface area contributed by atoms with Gasteiger partial charge in [-0.25, -0.2) is 4.79 Å². The van der Waals surface area contributed by atoms with Gasteiger partial charge in [0.2, 0.25) is 0 Å². The van der Waals surface area contributed by atoms with Crippen LogP contribution in [0.4, 0.5) is 10.5 Å². The molecule has 3 aliphatic heterocycles. The molecule has 5 nitrogen and oxygen atoms in total. The monoisotopic (exact) mass is 378 g/mol. The van der Waals surface area contributed by atoms with Gasteiger partial charge < -0.3 is 15.1 Å². The van der Waals surface area contributed by atoms with Crippen molar-refractivity contribution in [3.05, 3.63) is 60.2 Å². The van der Waals surface area contributed by atoms with Crippen LogP contribution in [-0.4, -0.2) is 53.5 Å². The van der Waals surface area contributed by atoms with E-state index < -0.39 is 6.09 Å². The summed E-state index contributed by atoms with van der Waals surface area (Å²) < 4.78 is 0. The molecule has 1 amide bonds. The molecular formula is C23H26N2O3. The molecule has 0 aliphatic carbocycles. The molecule has 3 fully saturated rings. The number of benzene rings is 2. The van der Waals surface area contributed by atoms with E-state index in [2.05, 4.69) is 4.90 Å². The minimum absolute atomic E-state index is 0.0282. The first kappa shape index (κ1) is 18.7. The Kier molecular flexibility index (Phi) is 5.46. The summed E-state index contributed by atoms with van der Waals surface area (Å²) in [7, 11) is 0. The van der Waals surface area contributed by atoms with Gasteiger partial charge in [-0.1, -0.05) is 54.6 Å². The second-order valence-corrected chi connectivity index (χ2v) is 7.59. The highest BCUT2D eigenvalue weighted by atomic mass is 16.4. The average Bonchev–Trinajstić information content (AvgIpc) is 2.74. The number of carboxylic acid groups (broad SMARTS) is 1. The predicted octanol–water partition coefficient (Wildman–Crippen LogP) is 3.94. The van der Waals surface area contributed by atoms with E-state index in [9.17, 15) is 9.90 Å². The van der Waals surface area contributed by atoms with Crippen LogP contribution in [0.5, 0.6) is 0 Å². The van der Waals surface area contributed by atoms with Gasteiger partial charge in [-0.3, -0.25) is 4.90 Å². The lowest BCUT2D eigenvalue weighted by molar-refractivity contribution is 0.0838. The van der Waals surface area contributed by atoms with Crippen molar-refractivity contribution in [2.45, 2.75) is 18.9 Å². The summed E-state index contributed by atoms with van der Waals surface area (Å²) in [5, 5.41) is 19.3. The van der Waals surface area contributed by atoms with Crippen molar-refractivity contribution in [1.29, 1.82) is 0 Å². The van der Waals surface area contributed by atoms with Crippen LogP contribution < -0.4 is 4.90 Å². The average molecular weight is 378 g/mol. The van der Waals surface area contributed by atoms with Crippen molar-refractivity contribution in [2.24, 2.45) is 5.92 Å². The summed E-state index contributed by atoms with van der Waals surface area (Å²) in [6.07, 6.45) is 4.70. The van der Waals surface area contributed by atoms with Gasteiger partial charge in [-0.2, -0.15) is 0 Å². The maximum absolute atomic E-state index is 12.4. The zero-order valence-corrected chi connectivity index (χ0v) is 15.9. The quantitative estimate of drug-likeness (QED) is 0.827. The van der Waals surface area contributed by atoms with E-state index in [0.717, 1.165) is 54.9 Å². The summed E-state index contributed by atoms with van der Waals surface area (Å²) >= 11 is 0. The molecule has 0 aromatic heterocycles. The number of nitrogens with zero attached hydrogens (tertiary/aromatic N) is 2. The van der Waals surface area contributed by atoms with Gasteiger partial charge in [0.1, 0.15) is 0 Å². The molecule has 146 valence electrons. The smallest absolute Gasteiger partial charge is 0.412 e. The second-order valence-electron chi connectivity index (χ2n) is 7.59. The van der Waals surface area contributed by atoms with Crippen LogP contribution in [0.25, 0.3) is 17.2 Å². The van der Waals surface area contributed by atoms with Crippen molar-refractivity contribution >= 4 is 17.9 Å². The third kappa shape index (κ3) is 3.68. The van der Waals surface area contributed by atoms with Gasteiger partial charge in [-0.05, 0) is 49.0 Å². The fraction of sp³-hybridized carbons (Fsp3) is 0.348. The molecule has 2 aromatic carbocycles. The summed E-state index contributed by atoms with van der Waals surface area (Å²) in [5.74, 6) is 0.404. The number of anilines is 1. The lowest BCUT2D eigenvalue weighted by atomic mass is 9.82. The Morgan fingerprint density at radius 1 is 1.14 bits per heavy atom. The molecule has 0 radical (unpaired) electrons. The topological polar surface area (TPSA) is 64.0 Å². The van der Waals surface area contributed by atoms with Crippen LogP contribution >= 0.6 is 0 Å². The van der Waals surface area contributed by atoms with E-state index >= 15 is 0 Å². The highest BCUT2D eigenvalue weighted by molar-refractivity contribution is 5.94. The summed E-state index contributed by atoms with van der Waals surface area (Å²) in [6, 6.07) is 15.8. The number of hydrogen-bond acceptors (Lipinski definition) is 3. The van der Waals surface area contributed by atoms with Crippen LogP contribution in [-0.2, 0) is 0 Å². The number of aliphatic hydroxyl groups is 1. The molecule has 3 aliphatic rings. The normalized spacial score (nSPS) is 23.8. The van der Waals surface area contributed by atoms with E-state index in [1.807, 2.05) is 54.6 Å². The van der Waals surface area contributed by atoms with Gasteiger partial charge in [0.15, 0.2) is 0 Å². The van der Waals surface area contributed by atoms with E-state index in [1.165, 1.54) is 0 Å². The molecule has 28 heavy (non-hydrogen) atoms. The Balaban J connectivity index is 1.81. The number of aliphatic hydroxyl groups excluding tert-OH is 1. The highest BCUT2D eigenvalue weighted by Gasteiger charge is 2.40. The summed E-state index contributed by atoms with van der Waals surface area (Å²) in [5.41, 5.74) is 3.53. The molecule has 0 spiro atoms. The highest BCUT2D eigenvalue weighted by Crippen LogP contribution is 2.38. The van der Waals surface area contributed by atoms with Crippen LogP contribution in [0.15, 0.2) is 54.6 Å². The Morgan fingerprint density at radius 2 is 1.89 bits per heavy atom. The van der Waals surface area contributed by atoms with Crippen molar-refractivity contribution in [1.82, 2.24) is 4.90 Å². The predicted molar refractivity (Wildman–Crippen MR) is 111 cm³/mol. The lowest BCUT2D eigenvalue weighted by Gasteiger charge is -2.48. The van der Waals surface area contributed by atoms with Gasteiger partial charge in [-0.15, -0.1) is 0 Å². The Labute approximate surface area is 165 Å². The Bertz CT molecular complexity index is 857. The number of hydrogen-bond donors (Lipinski definition) is 2. The van der Waals surface area contributed by atoms with Crippen LogP contribution in [0.1, 0.15) is 18.4 Å². The molecule has 5 rings (SSSR count). The number of piperidine rings is 3. The first-order valence-corrected chi connectivity index (χ1v) is 9.89. The van der Waals surface area contributed by atoms with Crippen LogP contribution in [0, 0.1) is 5.92 Å². The van der Waals surface area contributed by atoms with Crippen molar-refractivity contribution in [2.75, 3.05) is 31.1 Å². The zero-order valence-electron chi connectivity index (χ0n) is 15.9. The number of rotatable bonds is 5. The van der Waals surface area contributed by atoms with E-state index in [4.69, 9.17) is 5.11 Å². The number of carbonyl (C=O) groups is 1. The maximum atomic E-state index is 12.4. The first-order valence-electron chi connectivity index (χ1n) is 9.89. The van der Waals surface area contributed by atoms with Crippen LogP contribution in [0.2, 0.25) is 0 Å². The van der Waals surface area contributed by atoms with Gasteiger partial charge in [0.05, 0.1) is 18.3 Å². The van der Waals surface area contributed by atoms with Gasteiger partial charge >= 0.3 is 6.09 Å². The number of amides is 1. The third-order valence-electron chi connectivity index (χ3n) is 5.94. The molecule has 2 bridgehead atoms. The second kappa shape index (κ2) is 8.17. The first-order chi connectivity index (χ1) is 13.7. The number of fused-ring (bicyclic) bond motifs is 3. The molecule has 3 heterocycles. The molecule has 0 saturated carbocycles.